The Balaban J connectivity index is 2.53. The molecule has 1 unspecified atom stereocenters. The second-order valence-corrected chi connectivity index (χ2v) is 7.92. The fraction of sp³-hybridized carbons (Fsp3) is 0.462. The molecule has 0 spiro atoms. The monoisotopic (exact) mass is 375 g/mol. The molecule has 1 atom stereocenters. The van der Waals surface area contributed by atoms with Gasteiger partial charge in [0.05, 0.1) is 4.90 Å². The molecule has 1 heterocycles. The Morgan fingerprint density at radius 2 is 2.05 bits per heavy atom. The number of nitrogen functional groups attached to an aromatic ring is 1. The molecule has 116 valence electrons. The van der Waals surface area contributed by atoms with E-state index in [0.717, 1.165) is 6.42 Å². The van der Waals surface area contributed by atoms with Gasteiger partial charge in [-0.3, -0.25) is 4.79 Å². The molecular weight excluding hydrogens is 358 g/mol. The minimum absolute atomic E-state index is 0.113. The van der Waals surface area contributed by atoms with Crippen molar-refractivity contribution < 1.29 is 13.2 Å². The van der Waals surface area contributed by atoms with E-state index >= 15 is 0 Å². The van der Waals surface area contributed by atoms with Crippen molar-refractivity contribution in [2.45, 2.75) is 37.1 Å². The van der Waals surface area contributed by atoms with Crippen LogP contribution in [0.1, 0.15) is 24.8 Å². The first-order valence-corrected chi connectivity index (χ1v) is 8.85. The molecule has 0 saturated carbocycles. The van der Waals surface area contributed by atoms with Gasteiger partial charge in [0.2, 0.25) is 15.9 Å². The maximum atomic E-state index is 12.9. The Bertz CT molecular complexity index is 675. The van der Waals surface area contributed by atoms with Gasteiger partial charge in [0.15, 0.2) is 0 Å². The van der Waals surface area contributed by atoms with Gasteiger partial charge in [0.25, 0.3) is 0 Å². The smallest absolute Gasteiger partial charge is 0.244 e. The van der Waals surface area contributed by atoms with E-state index in [1.807, 2.05) is 0 Å². The Hall–Kier alpha value is -1.12. The number of hydrogen-bond acceptors (Lipinski definition) is 4. The summed E-state index contributed by atoms with van der Waals surface area (Å²) in [4.78, 5) is 11.7. The van der Waals surface area contributed by atoms with Crippen LogP contribution < -0.4 is 11.5 Å². The number of nitrogens with two attached hydrogens (primary N) is 2. The molecule has 21 heavy (non-hydrogen) atoms. The van der Waals surface area contributed by atoms with Gasteiger partial charge in [-0.1, -0.05) is 22.4 Å². The Morgan fingerprint density at radius 3 is 2.67 bits per heavy atom. The van der Waals surface area contributed by atoms with Crippen LogP contribution in [0.15, 0.2) is 21.5 Å². The minimum Gasteiger partial charge on any atom is -0.398 e. The van der Waals surface area contributed by atoms with Gasteiger partial charge in [-0.05, 0) is 37.5 Å². The summed E-state index contributed by atoms with van der Waals surface area (Å²) in [6.07, 6.45) is 1.96. The largest absolute Gasteiger partial charge is 0.398 e. The zero-order valence-electron chi connectivity index (χ0n) is 11.7. The van der Waals surface area contributed by atoms with E-state index in [4.69, 9.17) is 11.5 Å². The number of sulfonamides is 1. The van der Waals surface area contributed by atoms with Crippen LogP contribution in [0.25, 0.3) is 0 Å². The molecular formula is C13H18BrN3O3S. The van der Waals surface area contributed by atoms with Crippen molar-refractivity contribution in [3.8, 4) is 0 Å². The summed E-state index contributed by atoms with van der Waals surface area (Å²) in [6.45, 7) is 1.94. The zero-order valence-corrected chi connectivity index (χ0v) is 14.1. The molecule has 1 saturated heterocycles. The third-order valence-corrected chi connectivity index (χ3v) is 6.23. The number of hydrogen-bond donors (Lipinski definition) is 2. The maximum absolute atomic E-state index is 12.9. The van der Waals surface area contributed by atoms with Gasteiger partial charge in [-0.25, -0.2) is 8.42 Å². The number of rotatable bonds is 3. The molecule has 1 aromatic carbocycles. The molecule has 2 rings (SSSR count). The van der Waals surface area contributed by atoms with Gasteiger partial charge in [0, 0.05) is 16.7 Å². The highest BCUT2D eigenvalue weighted by Gasteiger charge is 2.37. The minimum atomic E-state index is -3.81. The molecule has 0 radical (unpaired) electrons. The average molecular weight is 376 g/mol. The summed E-state index contributed by atoms with van der Waals surface area (Å²) in [6, 6.07) is 2.37. The lowest BCUT2D eigenvalue weighted by molar-refractivity contribution is -0.122. The normalized spacial score (nSPS) is 20.4. The van der Waals surface area contributed by atoms with Gasteiger partial charge in [-0.15, -0.1) is 0 Å². The van der Waals surface area contributed by atoms with Gasteiger partial charge >= 0.3 is 0 Å². The quantitative estimate of drug-likeness (QED) is 0.777. The Morgan fingerprint density at radius 1 is 1.38 bits per heavy atom. The molecule has 0 aliphatic carbocycles. The lowest BCUT2D eigenvalue weighted by Crippen LogP contribution is -2.50. The van der Waals surface area contributed by atoms with Crippen LogP contribution in [0.2, 0.25) is 0 Å². The van der Waals surface area contributed by atoms with E-state index in [9.17, 15) is 13.2 Å². The zero-order chi connectivity index (χ0) is 15.8. The van der Waals surface area contributed by atoms with Crippen LogP contribution in [0.4, 0.5) is 5.69 Å². The van der Waals surface area contributed by atoms with Crippen molar-refractivity contribution in [2.75, 3.05) is 12.3 Å². The number of amides is 1. The van der Waals surface area contributed by atoms with Gasteiger partial charge in [0.1, 0.15) is 6.04 Å². The standard InChI is InChI=1S/C13H18BrN3O3S/c1-8-10(15)6-9(14)7-12(8)21(19,20)17-5-3-2-4-11(17)13(16)18/h6-7,11H,2-5,15H2,1H3,(H2,16,18). The average Bonchev–Trinajstić information content (AvgIpc) is 2.42. The van der Waals surface area contributed by atoms with Gasteiger partial charge < -0.3 is 11.5 Å². The van der Waals surface area contributed by atoms with Crippen molar-refractivity contribution in [1.29, 1.82) is 0 Å². The predicted octanol–water partition coefficient (Wildman–Crippen LogP) is 1.37. The summed E-state index contributed by atoms with van der Waals surface area (Å²) in [5.41, 5.74) is 12.1. The van der Waals surface area contributed by atoms with E-state index in [1.54, 1.807) is 13.0 Å². The molecule has 0 bridgehead atoms. The highest BCUT2D eigenvalue weighted by molar-refractivity contribution is 9.10. The van der Waals surface area contributed by atoms with Crippen molar-refractivity contribution in [2.24, 2.45) is 5.73 Å². The Kier molecular flexibility index (Phi) is 4.60. The number of nitrogens with zero attached hydrogens (tertiary/aromatic N) is 1. The molecule has 8 heteroatoms. The van der Waals surface area contributed by atoms with E-state index in [1.165, 1.54) is 10.4 Å². The van der Waals surface area contributed by atoms with Crippen molar-refractivity contribution in [3.63, 3.8) is 0 Å². The Labute approximate surface area is 132 Å². The van der Waals surface area contributed by atoms with Crippen LogP contribution in [0, 0.1) is 6.92 Å². The first-order chi connectivity index (χ1) is 9.75. The van der Waals surface area contributed by atoms with E-state index in [0.29, 0.717) is 35.1 Å². The summed E-state index contributed by atoms with van der Waals surface area (Å²) in [5.74, 6) is -0.612. The van der Waals surface area contributed by atoms with Crippen LogP contribution in [0.5, 0.6) is 0 Å². The molecule has 1 aromatic rings. The molecule has 0 aromatic heterocycles. The SMILES string of the molecule is Cc1c(N)cc(Br)cc1S(=O)(=O)N1CCCCC1C(N)=O. The summed E-state index contributed by atoms with van der Waals surface area (Å²) in [5, 5.41) is 0. The van der Waals surface area contributed by atoms with Crippen LogP contribution in [-0.2, 0) is 14.8 Å². The van der Waals surface area contributed by atoms with Crippen molar-refractivity contribution in [3.05, 3.63) is 22.2 Å². The third-order valence-electron chi connectivity index (χ3n) is 3.73. The molecule has 1 aliphatic heterocycles. The number of carbonyl (C=O) groups excluding carboxylic acids is 1. The number of carbonyl (C=O) groups is 1. The first-order valence-electron chi connectivity index (χ1n) is 6.62. The van der Waals surface area contributed by atoms with Crippen LogP contribution >= 0.6 is 15.9 Å². The highest BCUT2D eigenvalue weighted by atomic mass is 79.9. The predicted molar refractivity (Wildman–Crippen MR) is 84.0 cm³/mol. The van der Waals surface area contributed by atoms with E-state index in [-0.39, 0.29) is 4.90 Å². The number of halogens is 1. The second kappa shape index (κ2) is 5.94. The fourth-order valence-corrected chi connectivity index (χ4v) is 5.12. The fourth-order valence-electron chi connectivity index (χ4n) is 2.55. The van der Waals surface area contributed by atoms with Crippen LogP contribution in [0.3, 0.4) is 0 Å². The van der Waals surface area contributed by atoms with Crippen molar-refractivity contribution in [1.82, 2.24) is 4.31 Å². The van der Waals surface area contributed by atoms with Gasteiger partial charge in [-0.2, -0.15) is 4.31 Å². The molecule has 4 N–H and O–H groups in total. The lowest BCUT2D eigenvalue weighted by Gasteiger charge is -2.33. The number of primary amides is 1. The number of piperidine rings is 1. The summed E-state index contributed by atoms with van der Waals surface area (Å²) in [7, 11) is -3.81. The highest BCUT2D eigenvalue weighted by Crippen LogP contribution is 2.31. The topological polar surface area (TPSA) is 106 Å². The lowest BCUT2D eigenvalue weighted by atomic mass is 10.0. The molecule has 1 amide bonds. The molecule has 1 aliphatic rings. The number of anilines is 1. The van der Waals surface area contributed by atoms with Crippen LogP contribution in [-0.4, -0.2) is 31.2 Å². The number of benzene rings is 1. The van der Waals surface area contributed by atoms with Crippen molar-refractivity contribution >= 4 is 37.5 Å². The third kappa shape index (κ3) is 3.07. The molecule has 1 fully saturated rings. The second-order valence-electron chi connectivity index (χ2n) is 5.15. The van der Waals surface area contributed by atoms with E-state index < -0.39 is 22.0 Å². The van der Waals surface area contributed by atoms with E-state index in [2.05, 4.69) is 15.9 Å². The summed E-state index contributed by atoms with van der Waals surface area (Å²) < 4.78 is 27.5. The first kappa shape index (κ1) is 16.3. The molecule has 6 nitrogen and oxygen atoms in total. The maximum Gasteiger partial charge on any atom is 0.244 e. The summed E-state index contributed by atoms with van der Waals surface area (Å²) >= 11 is 3.25.